The molecule has 27 heavy (non-hydrogen) atoms. The molecule has 1 aromatic carbocycles. The first-order valence-electron chi connectivity index (χ1n) is 8.43. The van der Waals surface area contributed by atoms with Gasteiger partial charge in [0.1, 0.15) is 0 Å². The summed E-state index contributed by atoms with van der Waals surface area (Å²) >= 11 is 12.6. The van der Waals surface area contributed by atoms with E-state index in [2.05, 4.69) is 25.6 Å². The average Bonchev–Trinajstić information content (AvgIpc) is 2.85. The normalized spacial score (nSPS) is 11.3. The standard InChI is InChI=1S/C19H20Cl2N6/c1-11-8-12(2)24-19(23-11)25-22-9-15-13(3)26-27(14(15)4)10-16-17(20)6-5-7-18(16)21/h5-9H,10H2,1-4H3,(H,23,24,25)/b22-9-. The predicted molar refractivity (Wildman–Crippen MR) is 110 cm³/mol. The molecule has 0 amide bonds. The number of rotatable bonds is 5. The van der Waals surface area contributed by atoms with E-state index in [1.165, 1.54) is 0 Å². The number of hydrogen-bond donors (Lipinski definition) is 1. The molecule has 140 valence electrons. The van der Waals surface area contributed by atoms with E-state index in [1.54, 1.807) is 6.21 Å². The van der Waals surface area contributed by atoms with Gasteiger partial charge in [0.2, 0.25) is 5.95 Å². The third kappa shape index (κ3) is 4.46. The Labute approximate surface area is 168 Å². The predicted octanol–water partition coefficient (Wildman–Crippen LogP) is 4.71. The molecule has 2 aromatic heterocycles. The lowest BCUT2D eigenvalue weighted by Crippen LogP contribution is -2.05. The molecule has 0 radical (unpaired) electrons. The van der Waals surface area contributed by atoms with Crippen LogP contribution in [0.2, 0.25) is 10.0 Å². The molecule has 0 atom stereocenters. The highest BCUT2D eigenvalue weighted by Gasteiger charge is 2.13. The Balaban J connectivity index is 1.81. The first-order chi connectivity index (χ1) is 12.8. The molecule has 1 N–H and O–H groups in total. The summed E-state index contributed by atoms with van der Waals surface area (Å²) in [6.07, 6.45) is 1.73. The molecule has 0 unspecified atom stereocenters. The van der Waals surface area contributed by atoms with E-state index >= 15 is 0 Å². The van der Waals surface area contributed by atoms with Gasteiger partial charge >= 0.3 is 0 Å². The van der Waals surface area contributed by atoms with Crippen molar-refractivity contribution in [1.82, 2.24) is 19.7 Å². The summed E-state index contributed by atoms with van der Waals surface area (Å²) in [6.45, 7) is 8.25. The van der Waals surface area contributed by atoms with E-state index < -0.39 is 0 Å². The Morgan fingerprint density at radius 3 is 2.33 bits per heavy atom. The van der Waals surface area contributed by atoms with Crippen LogP contribution < -0.4 is 5.43 Å². The Morgan fingerprint density at radius 2 is 1.70 bits per heavy atom. The lowest BCUT2D eigenvalue weighted by molar-refractivity contribution is 0.659. The summed E-state index contributed by atoms with van der Waals surface area (Å²) in [6, 6.07) is 7.39. The molecule has 3 rings (SSSR count). The van der Waals surface area contributed by atoms with E-state index in [9.17, 15) is 0 Å². The number of benzene rings is 1. The van der Waals surface area contributed by atoms with E-state index in [0.29, 0.717) is 22.5 Å². The molecule has 8 heteroatoms. The third-order valence-corrected chi connectivity index (χ3v) is 4.86. The van der Waals surface area contributed by atoms with Crippen LogP contribution in [0.1, 0.15) is 33.9 Å². The molecule has 0 aliphatic carbocycles. The van der Waals surface area contributed by atoms with Gasteiger partial charge < -0.3 is 0 Å². The molecule has 0 spiro atoms. The molecule has 6 nitrogen and oxygen atoms in total. The monoisotopic (exact) mass is 402 g/mol. The van der Waals surface area contributed by atoms with Crippen molar-refractivity contribution in [1.29, 1.82) is 0 Å². The van der Waals surface area contributed by atoms with Crippen molar-refractivity contribution in [3.05, 3.63) is 68.2 Å². The lowest BCUT2D eigenvalue weighted by Gasteiger charge is -2.09. The van der Waals surface area contributed by atoms with Gasteiger partial charge in [-0.15, -0.1) is 0 Å². The molecule has 0 aliphatic rings. The number of aryl methyl sites for hydroxylation is 3. The Morgan fingerprint density at radius 1 is 1.07 bits per heavy atom. The summed E-state index contributed by atoms with van der Waals surface area (Å²) in [5.41, 5.74) is 8.25. The zero-order valence-electron chi connectivity index (χ0n) is 15.6. The maximum atomic E-state index is 6.28. The summed E-state index contributed by atoms with van der Waals surface area (Å²) in [7, 11) is 0. The number of hydrazone groups is 1. The maximum Gasteiger partial charge on any atom is 0.243 e. The lowest BCUT2D eigenvalue weighted by atomic mass is 10.2. The number of anilines is 1. The average molecular weight is 403 g/mol. The number of nitrogens with one attached hydrogen (secondary N) is 1. The van der Waals surface area contributed by atoms with E-state index in [0.717, 1.165) is 33.9 Å². The van der Waals surface area contributed by atoms with Crippen molar-refractivity contribution in [2.24, 2.45) is 5.10 Å². The van der Waals surface area contributed by atoms with Gasteiger partial charge in [0, 0.05) is 38.3 Å². The fourth-order valence-electron chi connectivity index (χ4n) is 2.82. The molecular formula is C19H20Cl2N6. The molecule has 0 bridgehead atoms. The van der Waals surface area contributed by atoms with Crippen LogP contribution in [0.3, 0.4) is 0 Å². The summed E-state index contributed by atoms with van der Waals surface area (Å²) in [5, 5.41) is 10.1. The Bertz CT molecular complexity index is 969. The van der Waals surface area contributed by atoms with Crippen molar-refractivity contribution in [2.75, 3.05) is 5.43 Å². The van der Waals surface area contributed by atoms with Crippen LogP contribution in [0, 0.1) is 27.7 Å². The van der Waals surface area contributed by atoms with Gasteiger partial charge in [-0.2, -0.15) is 10.2 Å². The maximum absolute atomic E-state index is 6.28. The smallest absolute Gasteiger partial charge is 0.243 e. The van der Waals surface area contributed by atoms with Crippen molar-refractivity contribution in [3.8, 4) is 0 Å². The topological polar surface area (TPSA) is 68.0 Å². The molecule has 0 saturated heterocycles. The molecule has 0 saturated carbocycles. The van der Waals surface area contributed by atoms with Crippen molar-refractivity contribution in [2.45, 2.75) is 34.2 Å². The molecule has 0 aliphatic heterocycles. The van der Waals surface area contributed by atoms with Crippen molar-refractivity contribution < 1.29 is 0 Å². The van der Waals surface area contributed by atoms with Gasteiger partial charge in [-0.25, -0.2) is 15.4 Å². The van der Waals surface area contributed by atoms with Crippen LogP contribution in [0.25, 0.3) is 0 Å². The van der Waals surface area contributed by atoms with Gasteiger partial charge in [0.05, 0.1) is 18.5 Å². The zero-order chi connectivity index (χ0) is 19.6. The SMILES string of the molecule is Cc1cc(C)nc(N/N=C\c2c(C)nn(Cc3c(Cl)cccc3Cl)c2C)n1. The van der Waals surface area contributed by atoms with Crippen LogP contribution in [-0.4, -0.2) is 26.0 Å². The van der Waals surface area contributed by atoms with Crippen LogP contribution in [0.5, 0.6) is 0 Å². The molecule has 3 aromatic rings. The van der Waals surface area contributed by atoms with Gasteiger partial charge in [0.25, 0.3) is 0 Å². The Kier molecular flexibility index (Phi) is 5.77. The van der Waals surface area contributed by atoms with Gasteiger partial charge in [0.15, 0.2) is 0 Å². The summed E-state index contributed by atoms with van der Waals surface area (Å²) in [4.78, 5) is 8.61. The van der Waals surface area contributed by atoms with Crippen LogP contribution >= 0.6 is 23.2 Å². The van der Waals surface area contributed by atoms with E-state index in [-0.39, 0.29) is 0 Å². The number of nitrogens with zero attached hydrogens (tertiary/aromatic N) is 5. The summed E-state index contributed by atoms with van der Waals surface area (Å²) < 4.78 is 1.87. The minimum Gasteiger partial charge on any atom is -0.264 e. The highest BCUT2D eigenvalue weighted by Crippen LogP contribution is 2.26. The molecule has 2 heterocycles. The van der Waals surface area contributed by atoms with E-state index in [4.69, 9.17) is 23.2 Å². The molecular weight excluding hydrogens is 383 g/mol. The summed E-state index contributed by atoms with van der Waals surface area (Å²) in [5.74, 6) is 0.467. The van der Waals surface area contributed by atoms with E-state index in [1.807, 2.05) is 56.6 Å². The second-order valence-electron chi connectivity index (χ2n) is 6.29. The van der Waals surface area contributed by atoms with Crippen molar-refractivity contribution >= 4 is 35.4 Å². The van der Waals surface area contributed by atoms with Gasteiger partial charge in [-0.05, 0) is 45.9 Å². The van der Waals surface area contributed by atoms with Gasteiger partial charge in [-0.3, -0.25) is 4.68 Å². The van der Waals surface area contributed by atoms with Crippen molar-refractivity contribution in [3.63, 3.8) is 0 Å². The quantitative estimate of drug-likeness (QED) is 0.495. The molecule has 0 fully saturated rings. The highest BCUT2D eigenvalue weighted by atomic mass is 35.5. The first-order valence-corrected chi connectivity index (χ1v) is 9.19. The second kappa shape index (κ2) is 8.06. The number of halogens is 2. The number of hydrogen-bond acceptors (Lipinski definition) is 5. The van der Waals surface area contributed by atoms with Crippen LogP contribution in [0.15, 0.2) is 29.4 Å². The third-order valence-electron chi connectivity index (χ3n) is 4.15. The first kappa shape index (κ1) is 19.3. The Hall–Kier alpha value is -2.44. The number of aromatic nitrogens is 4. The fourth-order valence-corrected chi connectivity index (χ4v) is 3.33. The minimum absolute atomic E-state index is 0.467. The largest absolute Gasteiger partial charge is 0.264 e. The fraction of sp³-hybridized carbons (Fsp3) is 0.263. The highest BCUT2D eigenvalue weighted by molar-refractivity contribution is 6.35. The second-order valence-corrected chi connectivity index (χ2v) is 7.10. The van der Waals surface area contributed by atoms with Crippen LogP contribution in [-0.2, 0) is 6.54 Å². The van der Waals surface area contributed by atoms with Crippen LogP contribution in [0.4, 0.5) is 5.95 Å². The zero-order valence-corrected chi connectivity index (χ0v) is 17.1. The van der Waals surface area contributed by atoms with Gasteiger partial charge in [-0.1, -0.05) is 29.3 Å². The minimum atomic E-state index is 0.467.